The second-order valence-corrected chi connectivity index (χ2v) is 4.45. The Balaban J connectivity index is 3.31. The molecule has 0 saturated carbocycles. The highest BCUT2D eigenvalue weighted by Gasteiger charge is 2.01. The molecule has 0 spiro atoms. The smallest absolute Gasteiger partial charge is 0.0159 e. The minimum atomic E-state index is 0.854. The summed E-state index contributed by atoms with van der Waals surface area (Å²) in [5.74, 6) is 0.854. The van der Waals surface area contributed by atoms with Crippen molar-refractivity contribution < 1.29 is 0 Å². The van der Waals surface area contributed by atoms with Crippen LogP contribution in [0.4, 0.5) is 0 Å². The lowest BCUT2D eigenvalue weighted by Crippen LogP contribution is -2.26. The number of hydrogen-bond acceptors (Lipinski definition) is 1. The van der Waals surface area contributed by atoms with E-state index in [1.807, 2.05) is 0 Å². The van der Waals surface area contributed by atoms with Crippen LogP contribution < -0.4 is 0 Å². The Labute approximate surface area is 85.7 Å². The van der Waals surface area contributed by atoms with Crippen molar-refractivity contribution in [3.8, 4) is 0 Å². The fraction of sp³-hybridized carbons (Fsp3) is 1.00. The minimum Gasteiger partial charge on any atom is -0.303 e. The van der Waals surface area contributed by atoms with Crippen LogP contribution in [-0.2, 0) is 0 Å². The van der Waals surface area contributed by atoms with E-state index in [-0.39, 0.29) is 0 Å². The molecule has 12 heavy (non-hydrogen) atoms. The first kappa shape index (κ1) is 12.4. The Morgan fingerprint density at radius 2 is 1.92 bits per heavy atom. The molecule has 0 fully saturated rings. The van der Waals surface area contributed by atoms with Crippen molar-refractivity contribution in [3.05, 3.63) is 0 Å². The molecular formula is C10H22BrN. The summed E-state index contributed by atoms with van der Waals surface area (Å²) in [6, 6.07) is 0. The number of halogens is 1. The Bertz CT molecular complexity index is 93.8. The molecule has 0 aliphatic carbocycles. The normalized spacial score (nSPS) is 11.5. The van der Waals surface area contributed by atoms with E-state index < -0.39 is 0 Å². The molecule has 0 rings (SSSR count). The lowest BCUT2D eigenvalue weighted by Gasteiger charge is -2.19. The van der Waals surface area contributed by atoms with Gasteiger partial charge in [0.25, 0.3) is 0 Å². The molecule has 0 saturated heterocycles. The first-order valence-corrected chi connectivity index (χ1v) is 6.11. The third kappa shape index (κ3) is 7.11. The maximum Gasteiger partial charge on any atom is 0.0159 e. The van der Waals surface area contributed by atoms with Gasteiger partial charge in [0.05, 0.1) is 0 Å². The zero-order chi connectivity index (χ0) is 9.40. The van der Waals surface area contributed by atoms with E-state index in [0.717, 1.165) is 11.2 Å². The van der Waals surface area contributed by atoms with Crippen LogP contribution in [0.15, 0.2) is 0 Å². The average Bonchev–Trinajstić information content (AvgIpc) is 2.02. The van der Waals surface area contributed by atoms with Gasteiger partial charge < -0.3 is 4.90 Å². The van der Waals surface area contributed by atoms with Gasteiger partial charge in [-0.2, -0.15) is 0 Å². The molecule has 0 aliphatic rings. The molecule has 0 aliphatic heterocycles. The fourth-order valence-corrected chi connectivity index (χ4v) is 1.77. The molecule has 0 N–H and O–H groups in total. The van der Waals surface area contributed by atoms with Crippen molar-refractivity contribution >= 4 is 15.9 Å². The van der Waals surface area contributed by atoms with Crippen LogP contribution in [-0.4, -0.2) is 29.9 Å². The number of rotatable bonds is 7. The molecule has 0 bridgehead atoms. The first-order chi connectivity index (χ1) is 5.70. The average molecular weight is 236 g/mol. The van der Waals surface area contributed by atoms with E-state index in [2.05, 4.69) is 41.6 Å². The molecule has 0 atom stereocenters. The molecule has 0 radical (unpaired) electrons. The van der Waals surface area contributed by atoms with Crippen molar-refractivity contribution in [1.82, 2.24) is 4.90 Å². The predicted octanol–water partition coefficient (Wildman–Crippen LogP) is 3.14. The van der Waals surface area contributed by atoms with Crippen molar-refractivity contribution in [2.45, 2.75) is 33.6 Å². The Morgan fingerprint density at radius 1 is 1.25 bits per heavy atom. The molecule has 0 unspecified atom stereocenters. The molecule has 0 aromatic rings. The summed E-state index contributed by atoms with van der Waals surface area (Å²) < 4.78 is 0. The topological polar surface area (TPSA) is 3.24 Å². The first-order valence-electron chi connectivity index (χ1n) is 4.99. The van der Waals surface area contributed by atoms with Crippen molar-refractivity contribution in [1.29, 1.82) is 0 Å². The lowest BCUT2D eigenvalue weighted by molar-refractivity contribution is 0.293. The summed E-state index contributed by atoms with van der Waals surface area (Å²) >= 11 is 3.47. The van der Waals surface area contributed by atoms with E-state index in [9.17, 15) is 0 Å². The molecule has 2 heteroatoms. The van der Waals surface area contributed by atoms with Crippen LogP contribution in [0.5, 0.6) is 0 Å². The van der Waals surface area contributed by atoms with Gasteiger partial charge in [-0.25, -0.2) is 0 Å². The highest BCUT2D eigenvalue weighted by Crippen LogP contribution is 2.04. The van der Waals surface area contributed by atoms with Crippen LogP contribution in [0.2, 0.25) is 0 Å². The van der Waals surface area contributed by atoms with E-state index in [0.29, 0.717) is 0 Å². The van der Waals surface area contributed by atoms with E-state index in [1.165, 1.54) is 32.5 Å². The standard InChI is InChI=1S/C10H22BrN/c1-4-12(9-7-11)8-5-6-10(2)3/h10H,4-9H2,1-3H3. The van der Waals surface area contributed by atoms with Crippen molar-refractivity contribution in [3.63, 3.8) is 0 Å². The Hall–Kier alpha value is 0.440. The van der Waals surface area contributed by atoms with Gasteiger partial charge >= 0.3 is 0 Å². The van der Waals surface area contributed by atoms with Crippen molar-refractivity contribution in [2.24, 2.45) is 5.92 Å². The quantitative estimate of drug-likeness (QED) is 0.614. The van der Waals surface area contributed by atoms with Gasteiger partial charge in [0.2, 0.25) is 0 Å². The SMILES string of the molecule is CCN(CCBr)CCCC(C)C. The molecule has 0 amide bonds. The van der Waals surface area contributed by atoms with Gasteiger partial charge in [-0.15, -0.1) is 0 Å². The van der Waals surface area contributed by atoms with E-state index in [4.69, 9.17) is 0 Å². The van der Waals surface area contributed by atoms with Gasteiger partial charge in [0.15, 0.2) is 0 Å². The summed E-state index contributed by atoms with van der Waals surface area (Å²) in [6.07, 6.45) is 2.71. The molecule has 0 heterocycles. The minimum absolute atomic E-state index is 0.854. The molecule has 74 valence electrons. The van der Waals surface area contributed by atoms with Crippen LogP contribution >= 0.6 is 15.9 Å². The highest BCUT2D eigenvalue weighted by molar-refractivity contribution is 9.09. The summed E-state index contributed by atoms with van der Waals surface area (Å²) in [7, 11) is 0. The third-order valence-electron chi connectivity index (χ3n) is 2.10. The Morgan fingerprint density at radius 3 is 2.33 bits per heavy atom. The van der Waals surface area contributed by atoms with E-state index >= 15 is 0 Å². The van der Waals surface area contributed by atoms with Gasteiger partial charge in [0.1, 0.15) is 0 Å². The zero-order valence-electron chi connectivity index (χ0n) is 8.65. The van der Waals surface area contributed by atoms with Gasteiger partial charge in [0, 0.05) is 11.9 Å². The largest absolute Gasteiger partial charge is 0.303 e. The monoisotopic (exact) mass is 235 g/mol. The number of hydrogen-bond donors (Lipinski definition) is 0. The lowest BCUT2D eigenvalue weighted by atomic mass is 10.1. The predicted molar refractivity (Wildman–Crippen MR) is 60.0 cm³/mol. The van der Waals surface area contributed by atoms with Gasteiger partial charge in [-0.1, -0.05) is 36.7 Å². The number of alkyl halides is 1. The molecule has 1 nitrogen and oxygen atoms in total. The molecule has 0 aromatic carbocycles. The van der Waals surface area contributed by atoms with Crippen LogP contribution in [0.25, 0.3) is 0 Å². The molecular weight excluding hydrogens is 214 g/mol. The van der Waals surface area contributed by atoms with Crippen LogP contribution in [0.3, 0.4) is 0 Å². The summed E-state index contributed by atoms with van der Waals surface area (Å²) in [5.41, 5.74) is 0. The summed E-state index contributed by atoms with van der Waals surface area (Å²) in [6.45, 7) is 10.5. The second-order valence-electron chi connectivity index (χ2n) is 3.66. The van der Waals surface area contributed by atoms with Gasteiger partial charge in [-0.05, 0) is 31.8 Å². The second kappa shape index (κ2) is 8.06. The van der Waals surface area contributed by atoms with Crippen LogP contribution in [0.1, 0.15) is 33.6 Å². The highest BCUT2D eigenvalue weighted by atomic mass is 79.9. The zero-order valence-corrected chi connectivity index (χ0v) is 10.2. The third-order valence-corrected chi connectivity index (χ3v) is 2.46. The summed E-state index contributed by atoms with van der Waals surface area (Å²) in [5, 5.41) is 1.10. The molecule has 0 aromatic heterocycles. The van der Waals surface area contributed by atoms with Crippen LogP contribution in [0, 0.1) is 5.92 Å². The fourth-order valence-electron chi connectivity index (χ4n) is 1.27. The van der Waals surface area contributed by atoms with Gasteiger partial charge in [-0.3, -0.25) is 0 Å². The van der Waals surface area contributed by atoms with Crippen molar-refractivity contribution in [2.75, 3.05) is 25.0 Å². The van der Waals surface area contributed by atoms with E-state index in [1.54, 1.807) is 0 Å². The maximum absolute atomic E-state index is 3.47. The number of nitrogens with zero attached hydrogens (tertiary/aromatic N) is 1. The Kier molecular flexibility index (Phi) is 8.35. The summed E-state index contributed by atoms with van der Waals surface area (Å²) in [4.78, 5) is 2.50. The maximum atomic E-state index is 3.47.